The molecule has 116 valence electrons. The van der Waals surface area contributed by atoms with E-state index in [1.165, 1.54) is 6.92 Å². The van der Waals surface area contributed by atoms with Crippen LogP contribution in [0.15, 0.2) is 6.20 Å². The number of rotatable bonds is 3. The second kappa shape index (κ2) is 5.99. The fourth-order valence-electron chi connectivity index (χ4n) is 2.61. The maximum Gasteiger partial charge on any atom is 0.434 e. The third-order valence-corrected chi connectivity index (χ3v) is 3.63. The molecule has 1 aliphatic rings. The van der Waals surface area contributed by atoms with Crippen LogP contribution in [0.2, 0.25) is 0 Å². The summed E-state index contributed by atoms with van der Waals surface area (Å²) >= 11 is 0. The number of alkyl halides is 3. The van der Waals surface area contributed by atoms with Gasteiger partial charge < -0.3 is 4.74 Å². The molecular formula is C14H17F3N2O2. The van der Waals surface area contributed by atoms with E-state index >= 15 is 0 Å². The fourth-order valence-corrected chi connectivity index (χ4v) is 2.61. The summed E-state index contributed by atoms with van der Waals surface area (Å²) in [6, 6.07) is 0. The zero-order valence-corrected chi connectivity index (χ0v) is 11.9. The predicted octanol–water partition coefficient (Wildman–Crippen LogP) is 3.58. The van der Waals surface area contributed by atoms with Crippen molar-refractivity contribution >= 4 is 5.97 Å². The zero-order valence-electron chi connectivity index (χ0n) is 11.9. The van der Waals surface area contributed by atoms with Gasteiger partial charge >= 0.3 is 12.1 Å². The molecular weight excluding hydrogens is 285 g/mol. The lowest BCUT2D eigenvalue weighted by molar-refractivity contribution is -0.142. The Balaban J connectivity index is 2.38. The van der Waals surface area contributed by atoms with E-state index in [4.69, 9.17) is 0 Å². The van der Waals surface area contributed by atoms with Crippen LogP contribution >= 0.6 is 0 Å². The summed E-state index contributed by atoms with van der Waals surface area (Å²) in [7, 11) is 0. The molecule has 0 spiro atoms. The molecule has 0 N–H and O–H groups in total. The Morgan fingerprint density at radius 1 is 1.43 bits per heavy atom. The summed E-state index contributed by atoms with van der Waals surface area (Å²) < 4.78 is 43.9. The van der Waals surface area contributed by atoms with E-state index in [1.807, 2.05) is 0 Å². The van der Waals surface area contributed by atoms with Gasteiger partial charge in [0.2, 0.25) is 0 Å². The van der Waals surface area contributed by atoms with Gasteiger partial charge in [0.1, 0.15) is 11.4 Å². The largest absolute Gasteiger partial charge is 0.462 e. The maximum absolute atomic E-state index is 13.1. The number of ether oxygens (including phenoxy) is 1. The smallest absolute Gasteiger partial charge is 0.434 e. The first-order valence-electron chi connectivity index (χ1n) is 6.94. The summed E-state index contributed by atoms with van der Waals surface area (Å²) in [6.07, 6.45) is -1.27. The van der Waals surface area contributed by atoms with E-state index in [0.717, 1.165) is 25.5 Å². The van der Waals surface area contributed by atoms with Crippen molar-refractivity contribution in [3.8, 4) is 0 Å². The average molecular weight is 302 g/mol. The first-order chi connectivity index (χ1) is 9.82. The molecule has 0 aromatic carbocycles. The highest BCUT2D eigenvalue weighted by Crippen LogP contribution is 2.38. The minimum Gasteiger partial charge on any atom is -0.462 e. The Bertz CT molecular complexity index is 531. The number of hydrogen-bond donors (Lipinski definition) is 0. The molecule has 1 fully saturated rings. The summed E-state index contributed by atoms with van der Waals surface area (Å²) in [4.78, 5) is 19.2. The Labute approximate surface area is 120 Å². The van der Waals surface area contributed by atoms with Crippen LogP contribution in [-0.4, -0.2) is 22.5 Å². The van der Waals surface area contributed by atoms with E-state index in [-0.39, 0.29) is 18.3 Å². The van der Waals surface area contributed by atoms with Gasteiger partial charge in [-0.3, -0.25) is 0 Å². The van der Waals surface area contributed by atoms with Crippen molar-refractivity contribution in [3.05, 3.63) is 23.3 Å². The van der Waals surface area contributed by atoms with Gasteiger partial charge in [0.15, 0.2) is 5.69 Å². The minimum atomic E-state index is -4.70. The van der Waals surface area contributed by atoms with Crippen LogP contribution in [0, 0.1) is 5.92 Å². The van der Waals surface area contributed by atoms with Crippen molar-refractivity contribution in [1.82, 2.24) is 9.97 Å². The number of nitrogens with zero attached hydrogens (tertiary/aromatic N) is 2. The molecule has 1 heterocycles. The van der Waals surface area contributed by atoms with Crippen LogP contribution in [0.5, 0.6) is 0 Å². The van der Waals surface area contributed by atoms with E-state index in [0.29, 0.717) is 5.92 Å². The van der Waals surface area contributed by atoms with Gasteiger partial charge in [0.25, 0.3) is 0 Å². The molecule has 7 heteroatoms. The molecule has 0 bridgehead atoms. The van der Waals surface area contributed by atoms with Gasteiger partial charge in [-0.05, 0) is 32.1 Å². The number of halogens is 3. The molecule has 0 amide bonds. The normalized spacial score (nSPS) is 22.3. The Hall–Kier alpha value is -1.66. The maximum atomic E-state index is 13.1. The van der Waals surface area contributed by atoms with Crippen LogP contribution in [0.1, 0.15) is 60.9 Å². The monoisotopic (exact) mass is 302 g/mol. The second-order valence-electron chi connectivity index (χ2n) is 5.32. The summed E-state index contributed by atoms with van der Waals surface area (Å²) in [5.74, 6) is -0.495. The first-order valence-corrected chi connectivity index (χ1v) is 6.94. The molecule has 21 heavy (non-hydrogen) atoms. The van der Waals surface area contributed by atoms with E-state index in [9.17, 15) is 18.0 Å². The highest BCUT2D eigenvalue weighted by molar-refractivity contribution is 5.90. The minimum absolute atomic E-state index is 0.00196. The van der Waals surface area contributed by atoms with E-state index in [2.05, 4.69) is 21.6 Å². The molecule has 1 saturated carbocycles. The van der Waals surface area contributed by atoms with Crippen molar-refractivity contribution in [3.63, 3.8) is 0 Å². The molecule has 4 nitrogen and oxygen atoms in total. The summed E-state index contributed by atoms with van der Waals surface area (Å²) in [5, 5.41) is 0. The SMILES string of the molecule is CCOC(=O)c1cnc(C2CCC(C)C2)nc1C(F)(F)F. The van der Waals surface area contributed by atoms with Gasteiger partial charge in [0.05, 0.1) is 6.61 Å². The van der Waals surface area contributed by atoms with Crippen molar-refractivity contribution in [1.29, 1.82) is 0 Å². The van der Waals surface area contributed by atoms with Crippen LogP contribution in [-0.2, 0) is 10.9 Å². The summed E-state index contributed by atoms with van der Waals surface area (Å²) in [5.41, 5.74) is -1.83. The number of hydrogen-bond acceptors (Lipinski definition) is 4. The van der Waals surface area contributed by atoms with Crippen molar-refractivity contribution in [2.75, 3.05) is 6.61 Å². The van der Waals surface area contributed by atoms with E-state index < -0.39 is 23.4 Å². The van der Waals surface area contributed by atoms with Crippen molar-refractivity contribution in [2.24, 2.45) is 5.92 Å². The molecule has 1 aromatic rings. The molecule has 1 aromatic heterocycles. The van der Waals surface area contributed by atoms with Crippen molar-refractivity contribution in [2.45, 2.75) is 45.2 Å². The first kappa shape index (κ1) is 15.7. The second-order valence-corrected chi connectivity index (χ2v) is 5.32. The standard InChI is InChI=1S/C14H17F3N2O2/c1-3-21-13(20)10-7-18-12(9-5-4-8(2)6-9)19-11(10)14(15,16)17/h7-9H,3-6H2,1-2H3. The van der Waals surface area contributed by atoms with Crippen LogP contribution in [0.25, 0.3) is 0 Å². The molecule has 0 aliphatic heterocycles. The van der Waals surface area contributed by atoms with Gasteiger partial charge in [-0.2, -0.15) is 13.2 Å². The Morgan fingerprint density at radius 2 is 2.14 bits per heavy atom. The molecule has 1 aliphatic carbocycles. The van der Waals surface area contributed by atoms with Gasteiger partial charge in [-0.1, -0.05) is 6.92 Å². The van der Waals surface area contributed by atoms with E-state index in [1.54, 1.807) is 0 Å². The van der Waals surface area contributed by atoms with Gasteiger partial charge in [-0.25, -0.2) is 14.8 Å². The number of carbonyl (C=O) groups is 1. The predicted molar refractivity (Wildman–Crippen MR) is 68.7 cm³/mol. The molecule has 2 unspecified atom stereocenters. The average Bonchev–Trinajstić information content (AvgIpc) is 2.84. The lowest BCUT2D eigenvalue weighted by Gasteiger charge is -2.14. The third kappa shape index (κ3) is 3.51. The van der Waals surface area contributed by atoms with Crippen LogP contribution in [0.4, 0.5) is 13.2 Å². The Kier molecular flexibility index (Phi) is 4.49. The van der Waals surface area contributed by atoms with Crippen molar-refractivity contribution < 1.29 is 22.7 Å². The highest BCUT2D eigenvalue weighted by atomic mass is 19.4. The van der Waals surface area contributed by atoms with Crippen LogP contribution in [0.3, 0.4) is 0 Å². The van der Waals surface area contributed by atoms with Gasteiger partial charge in [-0.15, -0.1) is 0 Å². The topological polar surface area (TPSA) is 52.1 Å². The lowest BCUT2D eigenvalue weighted by Crippen LogP contribution is -2.20. The Morgan fingerprint density at radius 3 is 2.67 bits per heavy atom. The van der Waals surface area contributed by atoms with Crippen LogP contribution < -0.4 is 0 Å². The van der Waals surface area contributed by atoms with Gasteiger partial charge in [0, 0.05) is 12.1 Å². The fraction of sp³-hybridized carbons (Fsp3) is 0.643. The third-order valence-electron chi connectivity index (χ3n) is 3.63. The zero-order chi connectivity index (χ0) is 15.6. The summed E-state index contributed by atoms with van der Waals surface area (Å²) in [6.45, 7) is 3.58. The highest BCUT2D eigenvalue weighted by Gasteiger charge is 2.39. The number of carbonyl (C=O) groups excluding carboxylic acids is 1. The molecule has 0 radical (unpaired) electrons. The number of esters is 1. The number of aromatic nitrogens is 2. The molecule has 0 saturated heterocycles. The quantitative estimate of drug-likeness (QED) is 0.801. The molecule has 2 atom stereocenters. The molecule has 2 rings (SSSR count). The lowest BCUT2D eigenvalue weighted by atomic mass is 10.0.